The maximum Gasteiger partial charge on any atom is 0.279 e. The van der Waals surface area contributed by atoms with Crippen LogP contribution < -0.4 is 10.1 Å². The van der Waals surface area contributed by atoms with Gasteiger partial charge >= 0.3 is 0 Å². The standard InChI is InChI=1S/C25H34N2O2.Y/c1-4-29-23-16-20(2)25(21(3)17-23)26-24(28)19-27(14-10-5-6-11-15-27)18-22-12-8-7-9-13-22;/h7-9,12-13,16-17H,4-6,10-11,14-15,18-19H2,1-3H3;/p+1. The summed E-state index contributed by atoms with van der Waals surface area (Å²) in [4.78, 5) is 13.1. The Kier molecular flexibility index (Phi) is 9.99. The molecule has 4 nitrogen and oxygen atoms in total. The van der Waals surface area contributed by atoms with Crippen LogP contribution in [0.25, 0.3) is 0 Å². The zero-order valence-electron chi connectivity index (χ0n) is 18.7. The molecule has 1 amide bonds. The molecular formula is C25H35N2O2Y+. The average Bonchev–Trinajstić information content (AvgIpc) is 2.91. The van der Waals surface area contributed by atoms with Gasteiger partial charge in [0.15, 0.2) is 6.54 Å². The summed E-state index contributed by atoms with van der Waals surface area (Å²) in [6.45, 7) is 10.3. The average molecular weight is 484 g/mol. The number of rotatable bonds is 7. The van der Waals surface area contributed by atoms with Gasteiger partial charge in [0.2, 0.25) is 0 Å². The number of carbonyl (C=O) groups is 1. The van der Waals surface area contributed by atoms with Gasteiger partial charge in [0.1, 0.15) is 12.3 Å². The van der Waals surface area contributed by atoms with Crippen LogP contribution in [0, 0.1) is 13.8 Å². The Labute approximate surface area is 206 Å². The molecule has 2 aromatic carbocycles. The Morgan fingerprint density at radius 2 is 1.60 bits per heavy atom. The van der Waals surface area contributed by atoms with Gasteiger partial charge in [-0.25, -0.2) is 0 Å². The van der Waals surface area contributed by atoms with E-state index in [2.05, 4.69) is 35.6 Å². The third kappa shape index (κ3) is 6.90. The van der Waals surface area contributed by atoms with E-state index in [-0.39, 0.29) is 38.6 Å². The van der Waals surface area contributed by atoms with Crippen molar-refractivity contribution in [2.45, 2.75) is 53.0 Å². The predicted octanol–water partition coefficient (Wildman–Crippen LogP) is 5.23. The van der Waals surface area contributed by atoms with E-state index in [0.29, 0.717) is 13.2 Å². The fraction of sp³-hybridized carbons (Fsp3) is 0.480. The number of hydrogen-bond acceptors (Lipinski definition) is 2. The van der Waals surface area contributed by atoms with Crippen LogP contribution in [0.5, 0.6) is 5.75 Å². The fourth-order valence-electron chi connectivity index (χ4n) is 4.56. The normalized spacial score (nSPS) is 15.6. The fourth-order valence-corrected chi connectivity index (χ4v) is 4.56. The molecule has 2 aromatic rings. The summed E-state index contributed by atoms with van der Waals surface area (Å²) in [5, 5.41) is 3.22. The van der Waals surface area contributed by atoms with Crippen molar-refractivity contribution in [3.63, 3.8) is 0 Å². The summed E-state index contributed by atoms with van der Waals surface area (Å²) in [5.74, 6) is 0.971. The monoisotopic (exact) mass is 484 g/mol. The molecule has 159 valence electrons. The van der Waals surface area contributed by atoms with Gasteiger partial charge in [-0.3, -0.25) is 4.79 Å². The van der Waals surface area contributed by atoms with Crippen molar-refractivity contribution in [2.75, 3.05) is 31.6 Å². The minimum absolute atomic E-state index is 0. The number of carbonyl (C=O) groups excluding carboxylic acids is 1. The van der Waals surface area contributed by atoms with Crippen LogP contribution in [0.4, 0.5) is 5.69 Å². The molecule has 0 atom stereocenters. The molecule has 0 aromatic heterocycles. The molecule has 1 N–H and O–H groups in total. The van der Waals surface area contributed by atoms with Gasteiger partial charge in [-0.2, -0.15) is 0 Å². The van der Waals surface area contributed by atoms with E-state index < -0.39 is 0 Å². The van der Waals surface area contributed by atoms with Crippen LogP contribution in [-0.2, 0) is 44.0 Å². The van der Waals surface area contributed by atoms with Crippen molar-refractivity contribution in [3.8, 4) is 5.75 Å². The zero-order chi connectivity index (χ0) is 20.7. The molecule has 0 bridgehead atoms. The van der Waals surface area contributed by atoms with Crippen LogP contribution in [0.3, 0.4) is 0 Å². The summed E-state index contributed by atoms with van der Waals surface area (Å²) in [5.41, 5.74) is 4.33. The summed E-state index contributed by atoms with van der Waals surface area (Å²) in [6.07, 6.45) is 4.93. The first-order chi connectivity index (χ1) is 14.0. The van der Waals surface area contributed by atoms with Crippen molar-refractivity contribution in [3.05, 3.63) is 59.2 Å². The van der Waals surface area contributed by atoms with E-state index in [0.717, 1.165) is 46.7 Å². The number of nitrogens with one attached hydrogen (secondary N) is 1. The summed E-state index contributed by atoms with van der Waals surface area (Å²) < 4.78 is 6.48. The van der Waals surface area contributed by atoms with Gasteiger partial charge in [0, 0.05) is 44.0 Å². The minimum atomic E-state index is 0. The molecule has 1 aliphatic rings. The third-order valence-electron chi connectivity index (χ3n) is 5.94. The second kappa shape index (κ2) is 12.0. The number of likely N-dealkylation sites (tertiary alicyclic amines) is 1. The summed E-state index contributed by atoms with van der Waals surface area (Å²) in [6, 6.07) is 14.6. The molecule has 1 heterocycles. The maximum absolute atomic E-state index is 13.1. The predicted molar refractivity (Wildman–Crippen MR) is 119 cm³/mol. The molecule has 1 saturated heterocycles. The SMILES string of the molecule is CCOc1cc(C)c(NC(=O)C[N+]2(Cc3ccccc3)CCCCCC2)c(C)c1.[Y]. The molecule has 1 fully saturated rings. The van der Waals surface area contributed by atoms with Gasteiger partial charge in [0.25, 0.3) is 5.91 Å². The van der Waals surface area contributed by atoms with E-state index in [1.54, 1.807) is 0 Å². The Morgan fingerprint density at radius 3 is 2.17 bits per heavy atom. The molecular weight excluding hydrogens is 449 g/mol. The quantitative estimate of drug-likeness (QED) is 0.547. The molecule has 0 spiro atoms. The summed E-state index contributed by atoms with van der Waals surface area (Å²) in [7, 11) is 0. The van der Waals surface area contributed by atoms with E-state index >= 15 is 0 Å². The van der Waals surface area contributed by atoms with E-state index in [9.17, 15) is 4.79 Å². The molecule has 3 rings (SSSR count). The van der Waals surface area contributed by atoms with Crippen molar-refractivity contribution in [1.82, 2.24) is 0 Å². The molecule has 30 heavy (non-hydrogen) atoms. The van der Waals surface area contributed by atoms with E-state index in [1.807, 2.05) is 32.9 Å². The molecule has 1 aliphatic heterocycles. The Bertz CT molecular complexity index is 792. The largest absolute Gasteiger partial charge is 0.494 e. The van der Waals surface area contributed by atoms with Crippen LogP contribution in [0.1, 0.15) is 49.3 Å². The Morgan fingerprint density at radius 1 is 1.00 bits per heavy atom. The number of quaternary nitrogens is 1. The molecule has 0 saturated carbocycles. The number of aryl methyl sites for hydroxylation is 2. The first kappa shape index (κ1) is 25.0. The topological polar surface area (TPSA) is 38.3 Å². The zero-order valence-corrected chi connectivity index (χ0v) is 21.6. The van der Waals surface area contributed by atoms with Crippen molar-refractivity contribution < 1.29 is 46.7 Å². The Balaban J connectivity index is 0.00000320. The first-order valence-corrected chi connectivity index (χ1v) is 10.9. The summed E-state index contributed by atoms with van der Waals surface area (Å²) >= 11 is 0. The minimum Gasteiger partial charge on any atom is -0.494 e. The van der Waals surface area contributed by atoms with Crippen molar-refractivity contribution >= 4 is 11.6 Å². The molecule has 5 heteroatoms. The second-order valence-electron chi connectivity index (χ2n) is 8.42. The molecule has 1 radical (unpaired) electrons. The first-order valence-electron chi connectivity index (χ1n) is 10.9. The maximum atomic E-state index is 13.1. The number of anilines is 1. The van der Waals surface area contributed by atoms with Gasteiger partial charge in [0.05, 0.1) is 19.7 Å². The van der Waals surface area contributed by atoms with Gasteiger partial charge in [-0.05, 0) is 69.7 Å². The number of ether oxygens (including phenoxy) is 1. The number of amides is 1. The van der Waals surface area contributed by atoms with Crippen LogP contribution >= 0.6 is 0 Å². The smallest absolute Gasteiger partial charge is 0.279 e. The number of benzene rings is 2. The van der Waals surface area contributed by atoms with Crippen LogP contribution in [-0.4, -0.2) is 36.6 Å². The van der Waals surface area contributed by atoms with E-state index in [1.165, 1.54) is 31.2 Å². The molecule has 0 unspecified atom stereocenters. The van der Waals surface area contributed by atoms with Crippen molar-refractivity contribution in [1.29, 1.82) is 0 Å². The van der Waals surface area contributed by atoms with Gasteiger partial charge < -0.3 is 14.5 Å². The van der Waals surface area contributed by atoms with E-state index in [4.69, 9.17) is 4.74 Å². The van der Waals surface area contributed by atoms with Crippen molar-refractivity contribution in [2.24, 2.45) is 0 Å². The Hall–Kier alpha value is -1.23. The van der Waals surface area contributed by atoms with Gasteiger partial charge in [-0.1, -0.05) is 30.3 Å². The van der Waals surface area contributed by atoms with Crippen LogP contribution in [0.15, 0.2) is 42.5 Å². The number of nitrogens with zero attached hydrogens (tertiary/aromatic N) is 1. The third-order valence-corrected chi connectivity index (χ3v) is 5.94. The van der Waals surface area contributed by atoms with Crippen LogP contribution in [0.2, 0.25) is 0 Å². The van der Waals surface area contributed by atoms with Gasteiger partial charge in [-0.15, -0.1) is 0 Å². The second-order valence-corrected chi connectivity index (χ2v) is 8.42. The number of hydrogen-bond donors (Lipinski definition) is 1. The molecule has 0 aliphatic carbocycles.